The summed E-state index contributed by atoms with van der Waals surface area (Å²) in [4.78, 5) is 24.5. The van der Waals surface area contributed by atoms with Gasteiger partial charge in [0.25, 0.3) is 5.91 Å². The molecule has 2 aromatic carbocycles. The normalized spacial score (nSPS) is 9.83. The van der Waals surface area contributed by atoms with Crippen LogP contribution in [0.4, 0.5) is 5.69 Å². The van der Waals surface area contributed by atoms with Gasteiger partial charge in [0.2, 0.25) is 0 Å². The highest BCUT2D eigenvalue weighted by Gasteiger charge is 2.09. The molecular formula is C18H16N2O3S. The van der Waals surface area contributed by atoms with Gasteiger partial charge in [0.15, 0.2) is 6.61 Å². The largest absolute Gasteiger partial charge is 0.455 e. The van der Waals surface area contributed by atoms with Crippen molar-refractivity contribution >= 4 is 29.3 Å². The van der Waals surface area contributed by atoms with E-state index in [0.29, 0.717) is 11.3 Å². The maximum Gasteiger partial charge on any atom is 0.316 e. The summed E-state index contributed by atoms with van der Waals surface area (Å²) in [7, 11) is 0. The first-order valence-electron chi connectivity index (χ1n) is 7.22. The maximum atomic E-state index is 11.8. The van der Waals surface area contributed by atoms with E-state index < -0.39 is 11.9 Å². The number of anilines is 1. The van der Waals surface area contributed by atoms with E-state index in [1.165, 1.54) is 11.8 Å². The monoisotopic (exact) mass is 340 g/mol. The number of hydrogen-bond acceptors (Lipinski definition) is 5. The quantitative estimate of drug-likeness (QED) is 0.645. The predicted molar refractivity (Wildman–Crippen MR) is 92.6 cm³/mol. The Morgan fingerprint density at radius 2 is 2.00 bits per heavy atom. The van der Waals surface area contributed by atoms with Gasteiger partial charge in [0.05, 0.1) is 17.4 Å². The molecule has 5 nitrogen and oxygen atoms in total. The second-order valence-corrected chi connectivity index (χ2v) is 5.97. The Balaban J connectivity index is 1.76. The van der Waals surface area contributed by atoms with Crippen LogP contribution in [-0.4, -0.2) is 24.2 Å². The van der Waals surface area contributed by atoms with E-state index in [9.17, 15) is 9.59 Å². The van der Waals surface area contributed by atoms with Gasteiger partial charge in [-0.15, -0.1) is 11.8 Å². The molecule has 122 valence electrons. The van der Waals surface area contributed by atoms with Gasteiger partial charge in [-0.05, 0) is 36.8 Å². The summed E-state index contributed by atoms with van der Waals surface area (Å²) in [5.74, 6) is -0.759. The molecule has 0 radical (unpaired) electrons. The molecule has 0 spiro atoms. The number of benzene rings is 2. The number of nitrogens with one attached hydrogen (secondary N) is 1. The van der Waals surface area contributed by atoms with E-state index in [0.717, 1.165) is 10.5 Å². The molecule has 0 saturated carbocycles. The zero-order chi connectivity index (χ0) is 17.4. The van der Waals surface area contributed by atoms with Gasteiger partial charge >= 0.3 is 5.97 Å². The van der Waals surface area contributed by atoms with Gasteiger partial charge in [0.1, 0.15) is 0 Å². The number of nitrogens with zero attached hydrogens (tertiary/aromatic N) is 1. The Labute approximate surface area is 144 Å². The molecule has 0 bridgehead atoms. The number of carbonyl (C=O) groups is 2. The standard InChI is InChI=1S/C18H16N2O3S/c1-13-5-2-3-8-16(13)24-12-18(22)23-11-17(21)20-15-7-4-6-14(9-15)10-19/h2-9H,11-12H2,1H3,(H,20,21). The number of hydrogen-bond donors (Lipinski definition) is 1. The van der Waals surface area contributed by atoms with Crippen LogP contribution in [0.5, 0.6) is 0 Å². The molecular weight excluding hydrogens is 324 g/mol. The van der Waals surface area contributed by atoms with Crippen LogP contribution < -0.4 is 5.32 Å². The van der Waals surface area contributed by atoms with Gasteiger partial charge < -0.3 is 10.1 Å². The summed E-state index contributed by atoms with van der Waals surface area (Å²) in [5, 5.41) is 11.4. The number of thioether (sulfide) groups is 1. The van der Waals surface area contributed by atoms with E-state index in [4.69, 9.17) is 10.00 Å². The van der Waals surface area contributed by atoms with Crippen LogP contribution in [0.25, 0.3) is 0 Å². The third kappa shape index (κ3) is 5.45. The molecule has 0 aliphatic rings. The first-order chi connectivity index (χ1) is 11.6. The van der Waals surface area contributed by atoms with E-state index in [-0.39, 0.29) is 12.4 Å². The Morgan fingerprint density at radius 1 is 1.21 bits per heavy atom. The summed E-state index contributed by atoms with van der Waals surface area (Å²) in [6.45, 7) is 1.61. The Bertz CT molecular complexity index is 784. The topological polar surface area (TPSA) is 79.2 Å². The van der Waals surface area contributed by atoms with Crippen molar-refractivity contribution in [3.05, 3.63) is 59.7 Å². The number of nitriles is 1. The van der Waals surface area contributed by atoms with E-state index in [1.807, 2.05) is 37.3 Å². The SMILES string of the molecule is Cc1ccccc1SCC(=O)OCC(=O)Nc1cccc(C#N)c1. The average Bonchev–Trinajstić information content (AvgIpc) is 2.59. The lowest BCUT2D eigenvalue weighted by molar-refractivity contribution is -0.144. The van der Waals surface area contributed by atoms with Crippen molar-refractivity contribution in [1.82, 2.24) is 0 Å². The molecule has 0 aromatic heterocycles. The Morgan fingerprint density at radius 3 is 2.75 bits per heavy atom. The van der Waals surface area contributed by atoms with E-state index in [1.54, 1.807) is 24.3 Å². The van der Waals surface area contributed by atoms with Crippen LogP contribution in [-0.2, 0) is 14.3 Å². The molecule has 0 fully saturated rings. The van der Waals surface area contributed by atoms with Crippen LogP contribution in [0.1, 0.15) is 11.1 Å². The first kappa shape index (κ1) is 17.6. The molecule has 2 rings (SSSR count). The summed E-state index contributed by atoms with van der Waals surface area (Å²) in [6.07, 6.45) is 0. The average molecular weight is 340 g/mol. The molecule has 24 heavy (non-hydrogen) atoms. The fraction of sp³-hybridized carbons (Fsp3) is 0.167. The second kappa shape index (κ2) is 8.75. The first-order valence-corrected chi connectivity index (χ1v) is 8.21. The van der Waals surface area contributed by atoms with Crippen molar-refractivity contribution in [3.63, 3.8) is 0 Å². The highest BCUT2D eigenvalue weighted by Crippen LogP contribution is 2.21. The predicted octanol–water partition coefficient (Wildman–Crippen LogP) is 3.14. The summed E-state index contributed by atoms with van der Waals surface area (Å²) >= 11 is 1.37. The number of aryl methyl sites for hydroxylation is 1. The van der Waals surface area contributed by atoms with Crippen molar-refractivity contribution < 1.29 is 14.3 Å². The number of ether oxygens (including phenoxy) is 1. The summed E-state index contributed by atoms with van der Waals surface area (Å²) in [6, 6.07) is 16.2. The fourth-order valence-electron chi connectivity index (χ4n) is 1.91. The Hall–Kier alpha value is -2.78. The third-order valence-corrected chi connectivity index (χ3v) is 4.23. The number of amides is 1. The molecule has 0 unspecified atom stereocenters. The van der Waals surface area contributed by atoms with Crippen molar-refractivity contribution in [3.8, 4) is 6.07 Å². The lowest BCUT2D eigenvalue weighted by Crippen LogP contribution is -2.21. The van der Waals surface area contributed by atoms with Crippen LogP contribution in [0, 0.1) is 18.3 Å². The van der Waals surface area contributed by atoms with Crippen molar-refractivity contribution in [2.24, 2.45) is 0 Å². The zero-order valence-electron chi connectivity index (χ0n) is 13.1. The van der Waals surface area contributed by atoms with Crippen LogP contribution in [0.3, 0.4) is 0 Å². The van der Waals surface area contributed by atoms with Crippen molar-refractivity contribution in [1.29, 1.82) is 5.26 Å². The minimum Gasteiger partial charge on any atom is -0.455 e. The maximum absolute atomic E-state index is 11.8. The smallest absolute Gasteiger partial charge is 0.316 e. The van der Waals surface area contributed by atoms with Gasteiger partial charge in [-0.25, -0.2) is 0 Å². The van der Waals surface area contributed by atoms with Gasteiger partial charge in [-0.1, -0.05) is 24.3 Å². The number of rotatable bonds is 6. The molecule has 1 N–H and O–H groups in total. The molecule has 2 aromatic rings. The van der Waals surface area contributed by atoms with Crippen molar-refractivity contribution in [2.45, 2.75) is 11.8 Å². The molecule has 0 aliphatic heterocycles. The van der Waals surface area contributed by atoms with Gasteiger partial charge in [0, 0.05) is 10.6 Å². The number of esters is 1. The lowest BCUT2D eigenvalue weighted by atomic mass is 10.2. The van der Waals surface area contributed by atoms with Crippen molar-refractivity contribution in [2.75, 3.05) is 17.7 Å². The summed E-state index contributed by atoms with van der Waals surface area (Å²) < 4.78 is 4.96. The molecule has 0 heterocycles. The number of carbonyl (C=O) groups excluding carboxylic acids is 2. The minimum atomic E-state index is -0.454. The Kier molecular flexibility index (Phi) is 6.41. The molecule has 0 atom stereocenters. The lowest BCUT2D eigenvalue weighted by Gasteiger charge is -2.07. The molecule has 0 saturated heterocycles. The molecule has 0 aliphatic carbocycles. The van der Waals surface area contributed by atoms with Crippen LogP contribution >= 0.6 is 11.8 Å². The van der Waals surface area contributed by atoms with E-state index in [2.05, 4.69) is 5.32 Å². The van der Waals surface area contributed by atoms with Crippen LogP contribution in [0.15, 0.2) is 53.4 Å². The second-order valence-electron chi connectivity index (χ2n) is 4.96. The molecule has 6 heteroatoms. The third-order valence-electron chi connectivity index (χ3n) is 3.08. The van der Waals surface area contributed by atoms with Gasteiger partial charge in [-0.3, -0.25) is 9.59 Å². The molecule has 1 amide bonds. The minimum absolute atomic E-state index is 0.141. The van der Waals surface area contributed by atoms with E-state index >= 15 is 0 Å². The van der Waals surface area contributed by atoms with Gasteiger partial charge in [-0.2, -0.15) is 5.26 Å². The highest BCUT2D eigenvalue weighted by molar-refractivity contribution is 8.00. The van der Waals surface area contributed by atoms with Crippen LogP contribution in [0.2, 0.25) is 0 Å². The fourth-order valence-corrected chi connectivity index (χ4v) is 2.73. The zero-order valence-corrected chi connectivity index (χ0v) is 13.9. The highest BCUT2D eigenvalue weighted by atomic mass is 32.2. The summed E-state index contributed by atoms with van der Waals surface area (Å²) in [5.41, 5.74) is 2.02.